The van der Waals surface area contributed by atoms with Crippen LogP contribution in [-0.2, 0) is 6.42 Å². The maximum absolute atomic E-state index is 10.6. The Morgan fingerprint density at radius 1 is 1.30 bits per heavy atom. The van der Waals surface area contributed by atoms with Crippen LogP contribution in [0.5, 0.6) is 0 Å². The van der Waals surface area contributed by atoms with Crippen molar-refractivity contribution in [3.8, 4) is 0 Å². The zero-order valence-electron chi connectivity index (χ0n) is 11.0. The third-order valence-corrected chi connectivity index (χ3v) is 3.94. The van der Waals surface area contributed by atoms with Crippen LogP contribution >= 0.6 is 15.9 Å². The van der Waals surface area contributed by atoms with Crippen molar-refractivity contribution in [3.05, 3.63) is 62.2 Å². The van der Waals surface area contributed by atoms with Gasteiger partial charge in [0.15, 0.2) is 0 Å². The summed E-state index contributed by atoms with van der Waals surface area (Å²) in [6, 6.07) is 8.54. The number of aryl methyl sites for hydroxylation is 1. The van der Waals surface area contributed by atoms with E-state index in [9.17, 15) is 10.1 Å². The average Bonchev–Trinajstić information content (AvgIpc) is 2.44. The summed E-state index contributed by atoms with van der Waals surface area (Å²) in [4.78, 5) is 14.4. The summed E-state index contributed by atoms with van der Waals surface area (Å²) in [5, 5.41) is 13.8. The highest BCUT2D eigenvalue weighted by Gasteiger charge is 2.05. The summed E-state index contributed by atoms with van der Waals surface area (Å²) in [6.07, 6.45) is 2.54. The van der Waals surface area contributed by atoms with Gasteiger partial charge < -0.3 is 5.32 Å². The molecular formula is C14H14BrN3O2. The Hall–Kier alpha value is -1.95. The smallest absolute Gasteiger partial charge is 0.269 e. The Balaban J connectivity index is 1.92. The van der Waals surface area contributed by atoms with Gasteiger partial charge in [-0.15, -0.1) is 0 Å². The third kappa shape index (κ3) is 3.54. The lowest BCUT2D eigenvalue weighted by atomic mass is 10.1. The van der Waals surface area contributed by atoms with Gasteiger partial charge in [-0.3, -0.25) is 10.1 Å². The summed E-state index contributed by atoms with van der Waals surface area (Å²) in [5.41, 5.74) is 2.29. The molecule has 1 N–H and O–H groups in total. The van der Waals surface area contributed by atoms with Gasteiger partial charge in [-0.05, 0) is 46.5 Å². The van der Waals surface area contributed by atoms with E-state index in [0.717, 1.165) is 27.8 Å². The van der Waals surface area contributed by atoms with Crippen molar-refractivity contribution in [2.24, 2.45) is 0 Å². The first-order chi connectivity index (χ1) is 9.58. The van der Waals surface area contributed by atoms with Crippen LogP contribution in [-0.4, -0.2) is 16.5 Å². The summed E-state index contributed by atoms with van der Waals surface area (Å²) in [5.74, 6) is 0.812. The molecule has 0 amide bonds. The molecule has 1 aromatic heterocycles. The molecule has 0 aliphatic rings. The number of non-ortho nitro benzene ring substituents is 1. The number of nitro benzene ring substituents is 1. The minimum Gasteiger partial charge on any atom is -0.369 e. The van der Waals surface area contributed by atoms with E-state index in [1.165, 1.54) is 12.1 Å². The molecule has 0 saturated carbocycles. The molecule has 104 valence electrons. The van der Waals surface area contributed by atoms with Crippen LogP contribution in [0.3, 0.4) is 0 Å². The molecule has 0 aliphatic heterocycles. The van der Waals surface area contributed by atoms with Crippen molar-refractivity contribution in [2.45, 2.75) is 13.3 Å². The summed E-state index contributed by atoms with van der Waals surface area (Å²) in [7, 11) is 0. The van der Waals surface area contributed by atoms with E-state index in [4.69, 9.17) is 0 Å². The maximum atomic E-state index is 10.6. The number of nitro groups is 1. The minimum absolute atomic E-state index is 0.116. The summed E-state index contributed by atoms with van der Waals surface area (Å²) in [6.45, 7) is 2.72. The van der Waals surface area contributed by atoms with Gasteiger partial charge in [0.2, 0.25) is 0 Å². The molecular weight excluding hydrogens is 322 g/mol. The Morgan fingerprint density at radius 3 is 2.65 bits per heavy atom. The fourth-order valence-electron chi connectivity index (χ4n) is 1.77. The fraction of sp³-hybridized carbons (Fsp3) is 0.214. The third-order valence-electron chi connectivity index (χ3n) is 2.94. The van der Waals surface area contributed by atoms with Crippen molar-refractivity contribution >= 4 is 27.4 Å². The first-order valence-corrected chi connectivity index (χ1v) is 6.95. The van der Waals surface area contributed by atoms with Gasteiger partial charge in [0.25, 0.3) is 5.69 Å². The topological polar surface area (TPSA) is 68.1 Å². The zero-order valence-corrected chi connectivity index (χ0v) is 12.6. The molecule has 1 aromatic carbocycles. The van der Waals surface area contributed by atoms with Crippen molar-refractivity contribution in [3.63, 3.8) is 0 Å². The Morgan fingerprint density at radius 2 is 2.00 bits per heavy atom. The van der Waals surface area contributed by atoms with Gasteiger partial charge in [0.05, 0.1) is 9.40 Å². The second-order valence-corrected chi connectivity index (χ2v) is 5.18. The second kappa shape index (κ2) is 6.47. The number of pyridine rings is 1. The predicted octanol–water partition coefficient (Wildman–Crippen LogP) is 3.72. The van der Waals surface area contributed by atoms with Crippen LogP contribution in [0.4, 0.5) is 11.5 Å². The zero-order chi connectivity index (χ0) is 14.5. The quantitative estimate of drug-likeness (QED) is 0.667. The van der Waals surface area contributed by atoms with Gasteiger partial charge >= 0.3 is 0 Å². The lowest BCUT2D eigenvalue weighted by molar-refractivity contribution is -0.384. The van der Waals surface area contributed by atoms with Crippen molar-refractivity contribution in [1.82, 2.24) is 4.98 Å². The lowest BCUT2D eigenvalue weighted by Gasteiger charge is -2.09. The van der Waals surface area contributed by atoms with Crippen molar-refractivity contribution < 1.29 is 4.92 Å². The van der Waals surface area contributed by atoms with E-state index in [1.54, 1.807) is 18.3 Å². The van der Waals surface area contributed by atoms with Gasteiger partial charge in [-0.1, -0.05) is 12.1 Å². The van der Waals surface area contributed by atoms with Crippen LogP contribution in [0, 0.1) is 17.0 Å². The van der Waals surface area contributed by atoms with Gasteiger partial charge in [-0.2, -0.15) is 0 Å². The van der Waals surface area contributed by atoms with E-state index >= 15 is 0 Å². The lowest BCUT2D eigenvalue weighted by Crippen LogP contribution is -2.07. The molecule has 5 nitrogen and oxygen atoms in total. The number of nitrogens with zero attached hydrogens (tertiary/aromatic N) is 2. The maximum Gasteiger partial charge on any atom is 0.269 e. The minimum atomic E-state index is -0.393. The van der Waals surface area contributed by atoms with Crippen molar-refractivity contribution in [1.29, 1.82) is 0 Å². The number of benzene rings is 1. The Labute approximate surface area is 125 Å². The largest absolute Gasteiger partial charge is 0.369 e. The van der Waals surface area contributed by atoms with Gasteiger partial charge in [0, 0.05) is 24.9 Å². The van der Waals surface area contributed by atoms with Crippen LogP contribution in [0.25, 0.3) is 0 Å². The van der Waals surface area contributed by atoms with Crippen molar-refractivity contribution in [2.75, 3.05) is 11.9 Å². The van der Waals surface area contributed by atoms with E-state index in [2.05, 4.69) is 26.2 Å². The number of aromatic nitrogens is 1. The van der Waals surface area contributed by atoms with Crippen LogP contribution < -0.4 is 5.32 Å². The molecule has 0 aliphatic carbocycles. The second-order valence-electron chi connectivity index (χ2n) is 4.39. The highest BCUT2D eigenvalue weighted by Crippen LogP contribution is 2.23. The number of anilines is 1. The van der Waals surface area contributed by atoms with Crippen LogP contribution in [0.15, 0.2) is 41.0 Å². The molecule has 0 fully saturated rings. The fourth-order valence-corrected chi connectivity index (χ4v) is 2.15. The number of hydrogen-bond donors (Lipinski definition) is 1. The highest BCUT2D eigenvalue weighted by atomic mass is 79.9. The number of halogens is 1. The predicted molar refractivity (Wildman–Crippen MR) is 82.0 cm³/mol. The average molecular weight is 336 g/mol. The number of nitrogens with one attached hydrogen (secondary N) is 1. The number of hydrogen-bond acceptors (Lipinski definition) is 4. The van der Waals surface area contributed by atoms with E-state index in [0.29, 0.717) is 6.54 Å². The normalized spacial score (nSPS) is 10.3. The molecule has 0 radical (unpaired) electrons. The van der Waals surface area contributed by atoms with E-state index in [-0.39, 0.29) is 5.69 Å². The van der Waals surface area contributed by atoms with Gasteiger partial charge in [0.1, 0.15) is 5.82 Å². The monoisotopic (exact) mass is 335 g/mol. The molecule has 6 heteroatoms. The molecule has 0 spiro atoms. The molecule has 2 aromatic rings. The van der Waals surface area contributed by atoms with E-state index in [1.807, 2.05) is 13.0 Å². The van der Waals surface area contributed by atoms with Gasteiger partial charge in [-0.25, -0.2) is 4.98 Å². The summed E-state index contributed by atoms with van der Waals surface area (Å²) >= 11 is 3.49. The molecule has 2 rings (SSSR count). The Bertz CT molecular complexity index is 614. The molecule has 0 bridgehead atoms. The number of rotatable bonds is 5. The molecule has 1 heterocycles. The van der Waals surface area contributed by atoms with Crippen LogP contribution in [0.1, 0.15) is 11.1 Å². The first kappa shape index (κ1) is 14.5. The highest BCUT2D eigenvalue weighted by molar-refractivity contribution is 9.10. The Kier molecular flexibility index (Phi) is 4.68. The molecule has 0 atom stereocenters. The standard InChI is InChI=1S/C14H14BrN3O2/c1-10-6-8-16-14(13(10)15)17-9-7-11-2-4-12(5-3-11)18(19)20/h2-6,8H,7,9H2,1H3,(H,16,17). The molecule has 20 heavy (non-hydrogen) atoms. The van der Waals surface area contributed by atoms with Crippen LogP contribution in [0.2, 0.25) is 0 Å². The van der Waals surface area contributed by atoms with E-state index < -0.39 is 4.92 Å². The SMILES string of the molecule is Cc1ccnc(NCCc2ccc([N+](=O)[O-])cc2)c1Br. The summed E-state index contributed by atoms with van der Waals surface area (Å²) < 4.78 is 0.962. The molecule has 0 saturated heterocycles. The molecule has 0 unspecified atom stereocenters. The first-order valence-electron chi connectivity index (χ1n) is 6.16.